The first-order chi connectivity index (χ1) is 20.7. The molecule has 2 saturated heterocycles. The summed E-state index contributed by atoms with van der Waals surface area (Å²) in [7, 11) is 0. The number of anilines is 2. The highest BCUT2D eigenvalue weighted by Crippen LogP contribution is 2.36. The zero-order valence-corrected chi connectivity index (χ0v) is 24.6. The van der Waals surface area contributed by atoms with E-state index >= 15 is 0 Å². The van der Waals surface area contributed by atoms with E-state index in [2.05, 4.69) is 55.9 Å². The molecule has 0 spiro atoms. The Morgan fingerprint density at radius 3 is 2.26 bits per heavy atom. The van der Waals surface area contributed by atoms with Crippen molar-refractivity contribution in [2.45, 2.75) is 51.0 Å². The zero-order valence-electron chi connectivity index (χ0n) is 24.6. The Bertz CT molecular complexity index is 1360. The molecule has 0 radical (unpaired) electrons. The number of carbonyl (C=O) groups excluding carboxylic acids is 1. The van der Waals surface area contributed by atoms with Crippen LogP contribution in [0.5, 0.6) is 0 Å². The van der Waals surface area contributed by atoms with Gasteiger partial charge in [0.1, 0.15) is 5.84 Å². The minimum atomic E-state index is -4.33. The van der Waals surface area contributed by atoms with E-state index in [4.69, 9.17) is 0 Å². The SMILES string of the molecule is CCC1=NC=C(CN2CCC(c3ccc4c(c3)NC(C(=O)N3CCN(Cc5ccc(C(F)(F)F)cc5)CC3)N4)CC2)CN1. The number of hydrogen-bond acceptors (Lipinski definition) is 7. The number of nitrogens with zero attached hydrogens (tertiary/aromatic N) is 4. The van der Waals surface area contributed by atoms with Gasteiger partial charge in [-0.2, -0.15) is 13.2 Å². The summed E-state index contributed by atoms with van der Waals surface area (Å²) in [6.07, 6.45) is 0.351. The van der Waals surface area contributed by atoms with Crippen LogP contribution in [-0.4, -0.2) is 85.0 Å². The highest BCUT2D eigenvalue weighted by Gasteiger charge is 2.33. The summed E-state index contributed by atoms with van der Waals surface area (Å²) in [5.41, 5.74) is 4.77. The molecular weight excluding hydrogens is 555 g/mol. The lowest BCUT2D eigenvalue weighted by Crippen LogP contribution is -2.53. The third-order valence-corrected chi connectivity index (χ3v) is 9.00. The molecule has 0 aliphatic carbocycles. The van der Waals surface area contributed by atoms with Crippen molar-refractivity contribution in [1.29, 1.82) is 0 Å². The number of rotatable bonds is 7. The molecule has 1 amide bonds. The molecule has 1 atom stereocenters. The Kier molecular flexibility index (Phi) is 8.63. The lowest BCUT2D eigenvalue weighted by atomic mass is 9.89. The maximum absolute atomic E-state index is 13.3. The predicted octanol–water partition coefficient (Wildman–Crippen LogP) is 4.69. The maximum atomic E-state index is 13.3. The summed E-state index contributed by atoms with van der Waals surface area (Å²) in [5.74, 6) is 1.57. The van der Waals surface area contributed by atoms with Crippen molar-refractivity contribution in [3.05, 3.63) is 70.9 Å². The van der Waals surface area contributed by atoms with Gasteiger partial charge in [-0.15, -0.1) is 0 Å². The number of alkyl halides is 3. The van der Waals surface area contributed by atoms with Crippen LogP contribution >= 0.6 is 0 Å². The van der Waals surface area contributed by atoms with Crippen molar-refractivity contribution < 1.29 is 18.0 Å². The molecule has 3 N–H and O–H groups in total. The summed E-state index contributed by atoms with van der Waals surface area (Å²) in [6, 6.07) is 11.8. The lowest BCUT2D eigenvalue weighted by Gasteiger charge is -2.36. The third kappa shape index (κ3) is 6.99. The normalized spacial score (nSPS) is 21.8. The Balaban J connectivity index is 0.962. The van der Waals surface area contributed by atoms with Gasteiger partial charge in [0.05, 0.1) is 16.9 Å². The van der Waals surface area contributed by atoms with Gasteiger partial charge in [-0.25, -0.2) is 4.99 Å². The fourth-order valence-corrected chi connectivity index (χ4v) is 6.40. The van der Waals surface area contributed by atoms with Gasteiger partial charge < -0.3 is 20.9 Å². The summed E-state index contributed by atoms with van der Waals surface area (Å²) >= 11 is 0. The van der Waals surface area contributed by atoms with Gasteiger partial charge in [0.15, 0.2) is 6.17 Å². The number of aliphatic imine (C=N–C) groups is 1. The molecule has 2 aromatic rings. The van der Waals surface area contributed by atoms with Crippen LogP contribution in [0.25, 0.3) is 0 Å². The second kappa shape index (κ2) is 12.6. The van der Waals surface area contributed by atoms with E-state index in [1.807, 2.05) is 11.1 Å². The summed E-state index contributed by atoms with van der Waals surface area (Å²) in [4.78, 5) is 24.4. The van der Waals surface area contributed by atoms with Crippen molar-refractivity contribution in [3.8, 4) is 0 Å². The van der Waals surface area contributed by atoms with Crippen LogP contribution < -0.4 is 16.0 Å². The monoisotopic (exact) mass is 595 g/mol. The van der Waals surface area contributed by atoms with E-state index in [1.165, 1.54) is 23.3 Å². The van der Waals surface area contributed by atoms with Gasteiger partial charge in [-0.05, 0) is 72.8 Å². The minimum Gasteiger partial charge on any atom is -0.370 e. The molecule has 2 aromatic carbocycles. The number of hydrogen-bond donors (Lipinski definition) is 3. The van der Waals surface area contributed by atoms with Gasteiger partial charge >= 0.3 is 6.18 Å². The second-order valence-corrected chi connectivity index (χ2v) is 11.9. The number of piperazine rings is 1. The zero-order chi connectivity index (χ0) is 30.0. The van der Waals surface area contributed by atoms with E-state index < -0.39 is 17.9 Å². The van der Waals surface area contributed by atoms with Gasteiger partial charge in [-0.1, -0.05) is 25.1 Å². The molecule has 0 bridgehead atoms. The molecular formula is C32H40F3N7O. The van der Waals surface area contributed by atoms with Crippen LogP contribution in [-0.2, 0) is 17.5 Å². The van der Waals surface area contributed by atoms with Gasteiger partial charge in [0, 0.05) is 58.4 Å². The number of nitrogens with one attached hydrogen (secondary N) is 3. The van der Waals surface area contributed by atoms with Crippen molar-refractivity contribution in [1.82, 2.24) is 20.0 Å². The largest absolute Gasteiger partial charge is 0.416 e. The number of piperidine rings is 1. The van der Waals surface area contributed by atoms with Crippen LogP contribution in [0.1, 0.15) is 48.8 Å². The molecule has 1 unspecified atom stereocenters. The fraction of sp³-hybridized carbons (Fsp3) is 0.500. The standard InChI is InChI=1S/C32H40F3N7O/c1-2-29-36-18-23(19-37-29)21-40-11-9-24(10-12-40)25-5-8-27-28(17-25)39-30(38-27)31(43)42-15-13-41(14-16-42)20-22-3-6-26(7-4-22)32(33,34)35/h3-8,17-18,24,30,38-39H,2,9-16,19-21H2,1H3,(H,36,37). The first kappa shape index (κ1) is 29.5. The molecule has 4 aliphatic rings. The summed E-state index contributed by atoms with van der Waals surface area (Å²) < 4.78 is 38.5. The van der Waals surface area contributed by atoms with Gasteiger partial charge in [0.25, 0.3) is 5.91 Å². The van der Waals surface area contributed by atoms with E-state index in [-0.39, 0.29) is 5.91 Å². The summed E-state index contributed by atoms with van der Waals surface area (Å²) in [5, 5.41) is 10.2. The van der Waals surface area contributed by atoms with Crippen LogP contribution in [0, 0.1) is 0 Å². The number of benzene rings is 2. The second-order valence-electron chi connectivity index (χ2n) is 11.9. The van der Waals surface area contributed by atoms with Crippen LogP contribution in [0.4, 0.5) is 24.5 Å². The topological polar surface area (TPSA) is 75.2 Å². The first-order valence-corrected chi connectivity index (χ1v) is 15.3. The lowest BCUT2D eigenvalue weighted by molar-refractivity contribution is -0.137. The Hall–Kier alpha value is -3.57. The Labute approximate surface area is 251 Å². The highest BCUT2D eigenvalue weighted by molar-refractivity contribution is 5.93. The smallest absolute Gasteiger partial charge is 0.370 e. The quantitative estimate of drug-likeness (QED) is 0.432. The highest BCUT2D eigenvalue weighted by atomic mass is 19.4. The molecule has 11 heteroatoms. The molecule has 6 rings (SSSR count). The van der Waals surface area contributed by atoms with Crippen molar-refractivity contribution in [3.63, 3.8) is 0 Å². The average molecular weight is 596 g/mol. The van der Waals surface area contributed by atoms with Crippen molar-refractivity contribution in [2.75, 3.05) is 63.0 Å². The van der Waals surface area contributed by atoms with E-state index in [0.29, 0.717) is 38.6 Å². The number of halogens is 3. The maximum Gasteiger partial charge on any atom is 0.416 e. The fourth-order valence-electron chi connectivity index (χ4n) is 6.40. The van der Waals surface area contributed by atoms with E-state index in [1.54, 1.807) is 0 Å². The molecule has 4 aliphatic heterocycles. The van der Waals surface area contributed by atoms with Crippen LogP contribution in [0.3, 0.4) is 0 Å². The molecule has 230 valence electrons. The third-order valence-electron chi connectivity index (χ3n) is 9.00. The number of likely N-dealkylation sites (tertiary alicyclic amines) is 1. The van der Waals surface area contributed by atoms with Crippen molar-refractivity contribution in [2.24, 2.45) is 4.99 Å². The van der Waals surface area contributed by atoms with Gasteiger partial charge in [-0.3, -0.25) is 14.6 Å². The predicted molar refractivity (Wildman–Crippen MR) is 163 cm³/mol. The van der Waals surface area contributed by atoms with E-state index in [9.17, 15) is 18.0 Å². The average Bonchev–Trinajstić information content (AvgIpc) is 3.45. The van der Waals surface area contributed by atoms with Crippen molar-refractivity contribution >= 4 is 23.1 Å². The number of fused-ring (bicyclic) bond motifs is 1. The first-order valence-electron chi connectivity index (χ1n) is 15.3. The Morgan fingerprint density at radius 1 is 0.907 bits per heavy atom. The molecule has 2 fully saturated rings. The van der Waals surface area contributed by atoms with Gasteiger partial charge in [0.2, 0.25) is 0 Å². The van der Waals surface area contributed by atoms with Crippen LogP contribution in [0.2, 0.25) is 0 Å². The van der Waals surface area contributed by atoms with E-state index in [0.717, 1.165) is 80.3 Å². The molecule has 0 aromatic heterocycles. The molecule has 43 heavy (non-hydrogen) atoms. The number of amides is 1. The molecule has 4 heterocycles. The van der Waals surface area contributed by atoms with Crippen LogP contribution in [0.15, 0.2) is 59.2 Å². The molecule has 0 saturated carbocycles. The minimum absolute atomic E-state index is 0.0159. The number of carbonyl (C=O) groups is 1. The summed E-state index contributed by atoms with van der Waals surface area (Å²) in [6.45, 7) is 9.15. The Morgan fingerprint density at radius 2 is 1.60 bits per heavy atom. The number of amidine groups is 1. The molecule has 8 nitrogen and oxygen atoms in total.